The van der Waals surface area contributed by atoms with Crippen molar-refractivity contribution in [3.8, 4) is 0 Å². The van der Waals surface area contributed by atoms with Gasteiger partial charge in [0.2, 0.25) is 0 Å². The molecule has 1 fully saturated rings. The summed E-state index contributed by atoms with van der Waals surface area (Å²) >= 11 is 0. The maximum Gasteiger partial charge on any atom is 0.410 e. The first-order valence-corrected chi connectivity index (χ1v) is 13.4. The van der Waals surface area contributed by atoms with Gasteiger partial charge in [-0.1, -0.05) is 41.6 Å². The summed E-state index contributed by atoms with van der Waals surface area (Å²) in [4.78, 5) is 19.9. The standard InChI is InChI=1S/C31H38N4O3/c1-7-8-26-28(34(6)21-23-9-12-24(32-5)13-10-23)16-14-25-27(33-38-29(25)26)15-11-22-17-19-35(20-18-22)30(36)37-31(2,3)4/h7-10,12-14,16,22H,11,15,17-21H2,1-4,6H3/b8-7+. The molecule has 2 heterocycles. The molecule has 0 bridgehead atoms. The van der Waals surface area contributed by atoms with Gasteiger partial charge in [0, 0.05) is 43.3 Å². The Morgan fingerprint density at radius 2 is 1.92 bits per heavy atom. The van der Waals surface area contributed by atoms with Crippen molar-refractivity contribution in [2.24, 2.45) is 5.92 Å². The minimum atomic E-state index is -0.465. The average Bonchev–Trinajstić information content (AvgIpc) is 3.31. The fourth-order valence-corrected chi connectivity index (χ4v) is 5.01. The van der Waals surface area contributed by atoms with Crippen molar-refractivity contribution < 1.29 is 14.1 Å². The zero-order chi connectivity index (χ0) is 27.3. The summed E-state index contributed by atoms with van der Waals surface area (Å²) in [5.74, 6) is 0.551. The molecule has 0 saturated carbocycles. The second-order valence-electron chi connectivity index (χ2n) is 11.1. The Morgan fingerprint density at radius 1 is 1.21 bits per heavy atom. The topological polar surface area (TPSA) is 63.2 Å². The van der Waals surface area contributed by atoms with E-state index >= 15 is 0 Å². The molecule has 200 valence electrons. The number of allylic oxidation sites excluding steroid dienone is 1. The van der Waals surface area contributed by atoms with Crippen LogP contribution in [-0.4, -0.2) is 41.9 Å². The summed E-state index contributed by atoms with van der Waals surface area (Å²) in [5.41, 5.74) is 5.22. The van der Waals surface area contributed by atoms with E-state index in [0.29, 0.717) is 11.6 Å². The predicted octanol–water partition coefficient (Wildman–Crippen LogP) is 7.63. The largest absolute Gasteiger partial charge is 0.444 e. The third kappa shape index (κ3) is 6.55. The van der Waals surface area contributed by atoms with E-state index < -0.39 is 5.60 Å². The van der Waals surface area contributed by atoms with Gasteiger partial charge in [0.25, 0.3) is 0 Å². The molecule has 4 rings (SSSR count). The van der Waals surface area contributed by atoms with Gasteiger partial charge in [0.15, 0.2) is 11.3 Å². The molecule has 0 atom stereocenters. The number of hydrogen-bond acceptors (Lipinski definition) is 5. The van der Waals surface area contributed by atoms with E-state index in [0.717, 1.165) is 78.8 Å². The van der Waals surface area contributed by atoms with Gasteiger partial charge in [-0.25, -0.2) is 9.64 Å². The Bertz CT molecular complexity index is 1320. The van der Waals surface area contributed by atoms with Crippen LogP contribution in [-0.2, 0) is 17.7 Å². The fourth-order valence-electron chi connectivity index (χ4n) is 5.01. The van der Waals surface area contributed by atoms with E-state index in [1.807, 2.05) is 62.9 Å². The van der Waals surface area contributed by atoms with Crippen LogP contribution in [0.15, 0.2) is 47.0 Å². The second-order valence-corrected chi connectivity index (χ2v) is 11.1. The van der Waals surface area contributed by atoms with Crippen LogP contribution in [0.1, 0.15) is 63.8 Å². The van der Waals surface area contributed by atoms with E-state index in [9.17, 15) is 4.79 Å². The zero-order valence-corrected chi connectivity index (χ0v) is 23.2. The van der Waals surface area contributed by atoms with Crippen LogP contribution in [0, 0.1) is 12.5 Å². The third-order valence-corrected chi connectivity index (χ3v) is 7.02. The van der Waals surface area contributed by atoms with Gasteiger partial charge >= 0.3 is 6.09 Å². The number of carbonyl (C=O) groups excluding carboxylic acids is 1. The Labute approximate surface area is 225 Å². The predicted molar refractivity (Wildman–Crippen MR) is 152 cm³/mol. The molecule has 0 unspecified atom stereocenters. The molecule has 38 heavy (non-hydrogen) atoms. The van der Waals surface area contributed by atoms with Crippen molar-refractivity contribution in [2.75, 3.05) is 25.0 Å². The van der Waals surface area contributed by atoms with Crippen LogP contribution in [0.4, 0.5) is 16.2 Å². The molecule has 7 heteroatoms. The highest BCUT2D eigenvalue weighted by Crippen LogP contribution is 2.34. The number of benzene rings is 2. The molecule has 7 nitrogen and oxygen atoms in total. The molecule has 0 aliphatic carbocycles. The molecular weight excluding hydrogens is 476 g/mol. The van der Waals surface area contributed by atoms with Crippen LogP contribution in [0.25, 0.3) is 21.9 Å². The number of ether oxygens (including phenoxy) is 1. The lowest BCUT2D eigenvalue weighted by Gasteiger charge is -2.33. The van der Waals surface area contributed by atoms with Crippen molar-refractivity contribution in [3.63, 3.8) is 0 Å². The number of amides is 1. The monoisotopic (exact) mass is 514 g/mol. The number of nitrogens with zero attached hydrogens (tertiary/aromatic N) is 4. The van der Waals surface area contributed by atoms with Gasteiger partial charge in [-0.15, -0.1) is 0 Å². The van der Waals surface area contributed by atoms with Crippen molar-refractivity contribution in [3.05, 3.63) is 70.7 Å². The SMILES string of the molecule is [C-]#[N+]c1ccc(CN(C)c2ccc3c(CCC4CCN(C(=O)OC(C)(C)C)CC4)noc3c2/C=C/C)cc1. The Morgan fingerprint density at radius 3 is 2.55 bits per heavy atom. The highest BCUT2D eigenvalue weighted by atomic mass is 16.6. The highest BCUT2D eigenvalue weighted by molar-refractivity contribution is 5.93. The van der Waals surface area contributed by atoms with Crippen LogP contribution < -0.4 is 4.90 Å². The lowest BCUT2D eigenvalue weighted by atomic mass is 9.91. The zero-order valence-electron chi connectivity index (χ0n) is 23.2. The van der Waals surface area contributed by atoms with Crippen molar-refractivity contribution in [1.82, 2.24) is 10.1 Å². The average molecular weight is 515 g/mol. The lowest BCUT2D eigenvalue weighted by Crippen LogP contribution is -2.41. The first kappa shape index (κ1) is 27.3. The number of piperidine rings is 1. The first-order chi connectivity index (χ1) is 18.2. The molecule has 0 radical (unpaired) electrons. The van der Waals surface area contributed by atoms with Crippen LogP contribution >= 0.6 is 0 Å². The minimum absolute atomic E-state index is 0.212. The van der Waals surface area contributed by atoms with E-state index in [2.05, 4.69) is 40.2 Å². The maximum atomic E-state index is 12.4. The maximum absolute atomic E-state index is 12.4. The molecule has 1 amide bonds. The Balaban J connectivity index is 1.42. The lowest BCUT2D eigenvalue weighted by molar-refractivity contribution is 0.0181. The van der Waals surface area contributed by atoms with Gasteiger partial charge in [0.05, 0.1) is 12.3 Å². The van der Waals surface area contributed by atoms with Crippen molar-refractivity contribution in [1.29, 1.82) is 0 Å². The third-order valence-electron chi connectivity index (χ3n) is 7.02. The Hall–Kier alpha value is -3.79. The smallest absolute Gasteiger partial charge is 0.410 e. The van der Waals surface area contributed by atoms with Crippen LogP contribution in [0.2, 0.25) is 0 Å². The number of carbonyl (C=O) groups is 1. The molecular formula is C31H38N4O3. The molecule has 1 aliphatic rings. The number of hydrogen-bond donors (Lipinski definition) is 0. The summed E-state index contributed by atoms with van der Waals surface area (Å²) < 4.78 is 11.4. The molecule has 2 aromatic carbocycles. The number of fused-ring (bicyclic) bond motifs is 1. The molecule has 1 saturated heterocycles. The van der Waals surface area contributed by atoms with E-state index in [1.54, 1.807) is 0 Å². The Kier molecular flexibility index (Phi) is 8.41. The van der Waals surface area contributed by atoms with Gasteiger partial charge in [-0.3, -0.25) is 0 Å². The quantitative estimate of drug-likeness (QED) is 0.303. The normalized spacial score (nSPS) is 14.7. The van der Waals surface area contributed by atoms with E-state index in [1.165, 1.54) is 0 Å². The van der Waals surface area contributed by atoms with Gasteiger partial charge in [-0.05, 0) is 77.0 Å². The van der Waals surface area contributed by atoms with Crippen LogP contribution in [0.5, 0.6) is 0 Å². The summed E-state index contributed by atoms with van der Waals surface area (Å²) in [6, 6.07) is 12.0. The van der Waals surface area contributed by atoms with Gasteiger partial charge in [0.1, 0.15) is 5.60 Å². The summed E-state index contributed by atoms with van der Waals surface area (Å²) in [6.45, 7) is 17.1. The van der Waals surface area contributed by atoms with Crippen LogP contribution in [0.3, 0.4) is 0 Å². The first-order valence-electron chi connectivity index (χ1n) is 13.4. The van der Waals surface area contributed by atoms with Crippen molar-refractivity contribution in [2.45, 2.75) is 65.5 Å². The van der Waals surface area contributed by atoms with Crippen molar-refractivity contribution >= 4 is 34.5 Å². The summed E-state index contributed by atoms with van der Waals surface area (Å²) in [7, 11) is 2.07. The highest BCUT2D eigenvalue weighted by Gasteiger charge is 2.27. The number of likely N-dealkylation sites (tertiary alicyclic amines) is 1. The minimum Gasteiger partial charge on any atom is -0.444 e. The molecule has 1 aliphatic heterocycles. The fraction of sp³-hybridized carbons (Fsp3) is 0.452. The molecule has 1 aromatic heterocycles. The van der Waals surface area contributed by atoms with Gasteiger partial charge in [-0.2, -0.15) is 0 Å². The number of aryl methyl sites for hydroxylation is 1. The summed E-state index contributed by atoms with van der Waals surface area (Å²) in [6.07, 6.45) is 7.72. The molecule has 0 spiro atoms. The molecule has 0 N–H and O–H groups in total. The number of anilines is 1. The molecule has 3 aromatic rings. The number of aromatic nitrogens is 1. The second kappa shape index (κ2) is 11.7. The number of rotatable bonds is 7. The summed E-state index contributed by atoms with van der Waals surface area (Å²) in [5, 5.41) is 5.53. The van der Waals surface area contributed by atoms with E-state index in [-0.39, 0.29) is 6.09 Å². The van der Waals surface area contributed by atoms with E-state index in [4.69, 9.17) is 15.8 Å². The van der Waals surface area contributed by atoms with Gasteiger partial charge < -0.3 is 19.1 Å².